The number of piperidine rings is 1. The molecule has 1 aliphatic heterocycles. The molecule has 1 rings (SSSR count). The first-order valence-electron chi connectivity index (χ1n) is 7.55. The van der Waals surface area contributed by atoms with Crippen LogP contribution in [0.15, 0.2) is 0 Å². The molecule has 6 nitrogen and oxygen atoms in total. The number of rotatable bonds is 4. The fourth-order valence-corrected chi connectivity index (χ4v) is 2.61. The Labute approximate surface area is 127 Å². The van der Waals surface area contributed by atoms with E-state index >= 15 is 0 Å². The van der Waals surface area contributed by atoms with Gasteiger partial charge in [0.25, 0.3) is 0 Å². The fraction of sp³-hybridized carbons (Fsp3) is 0.867. The predicted octanol–water partition coefficient (Wildman–Crippen LogP) is 1.78. The summed E-state index contributed by atoms with van der Waals surface area (Å²) in [6, 6.07) is -0.0933. The first-order chi connectivity index (χ1) is 9.75. The number of carbonyl (C=O) groups excluding carboxylic acids is 2. The van der Waals surface area contributed by atoms with Gasteiger partial charge in [0.2, 0.25) is 0 Å². The van der Waals surface area contributed by atoms with Crippen LogP contribution in [0, 0.1) is 5.92 Å². The van der Waals surface area contributed by atoms with Crippen LogP contribution in [0.1, 0.15) is 40.5 Å². The standard InChI is InChI=1S/C15H28N2O4/c1-6-7-17-9-11(13(18)20-5)8-12(10-17)16-14(19)21-15(2,3)4/h11-12H,6-10H2,1-5H3,(H,16,19). The number of methoxy groups -OCH3 is 1. The van der Waals surface area contributed by atoms with E-state index in [2.05, 4.69) is 17.1 Å². The van der Waals surface area contributed by atoms with Crippen LogP contribution in [0.3, 0.4) is 0 Å². The van der Waals surface area contributed by atoms with Gasteiger partial charge in [0.15, 0.2) is 0 Å². The van der Waals surface area contributed by atoms with Crippen LogP contribution >= 0.6 is 0 Å². The molecular weight excluding hydrogens is 272 g/mol. The van der Waals surface area contributed by atoms with Crippen LogP contribution in [-0.2, 0) is 14.3 Å². The lowest BCUT2D eigenvalue weighted by atomic mass is 9.94. The number of amides is 1. The highest BCUT2D eigenvalue weighted by Crippen LogP contribution is 2.19. The molecule has 1 saturated heterocycles. The van der Waals surface area contributed by atoms with Gasteiger partial charge >= 0.3 is 12.1 Å². The van der Waals surface area contributed by atoms with E-state index in [1.807, 2.05) is 20.8 Å². The highest BCUT2D eigenvalue weighted by molar-refractivity contribution is 5.73. The molecule has 122 valence electrons. The molecule has 0 spiro atoms. The minimum absolute atomic E-state index is 0.0933. The third-order valence-electron chi connectivity index (χ3n) is 3.32. The molecule has 1 fully saturated rings. The number of ether oxygens (including phenoxy) is 2. The molecular formula is C15H28N2O4. The van der Waals surface area contributed by atoms with E-state index in [4.69, 9.17) is 9.47 Å². The zero-order chi connectivity index (χ0) is 16.0. The Hall–Kier alpha value is -1.30. The Morgan fingerprint density at radius 2 is 1.95 bits per heavy atom. The maximum Gasteiger partial charge on any atom is 0.407 e. The first-order valence-corrected chi connectivity index (χ1v) is 7.55. The van der Waals surface area contributed by atoms with E-state index in [1.54, 1.807) is 0 Å². The van der Waals surface area contributed by atoms with Crippen molar-refractivity contribution >= 4 is 12.1 Å². The molecule has 1 aliphatic rings. The van der Waals surface area contributed by atoms with Crippen LogP contribution < -0.4 is 5.32 Å². The monoisotopic (exact) mass is 300 g/mol. The van der Waals surface area contributed by atoms with E-state index < -0.39 is 11.7 Å². The molecule has 0 aromatic carbocycles. The van der Waals surface area contributed by atoms with Gasteiger partial charge in [0, 0.05) is 19.1 Å². The van der Waals surface area contributed by atoms with E-state index in [1.165, 1.54) is 7.11 Å². The van der Waals surface area contributed by atoms with Crippen molar-refractivity contribution in [1.82, 2.24) is 10.2 Å². The number of hydrogen-bond acceptors (Lipinski definition) is 5. The minimum atomic E-state index is -0.524. The molecule has 0 aliphatic carbocycles. The largest absolute Gasteiger partial charge is 0.469 e. The Bertz CT molecular complexity index is 365. The van der Waals surface area contributed by atoms with Gasteiger partial charge in [0.05, 0.1) is 13.0 Å². The van der Waals surface area contributed by atoms with Gasteiger partial charge in [-0.3, -0.25) is 4.79 Å². The number of carbonyl (C=O) groups is 2. The summed E-state index contributed by atoms with van der Waals surface area (Å²) in [5.41, 5.74) is -0.524. The highest BCUT2D eigenvalue weighted by atomic mass is 16.6. The maximum atomic E-state index is 11.9. The van der Waals surface area contributed by atoms with E-state index in [9.17, 15) is 9.59 Å². The second-order valence-corrected chi connectivity index (χ2v) is 6.56. The molecule has 1 heterocycles. The maximum absolute atomic E-state index is 11.9. The Kier molecular flexibility index (Phi) is 6.45. The van der Waals surface area contributed by atoms with Gasteiger partial charge in [-0.25, -0.2) is 4.79 Å². The number of hydrogen-bond donors (Lipinski definition) is 1. The van der Waals surface area contributed by atoms with Gasteiger partial charge in [-0.2, -0.15) is 0 Å². The van der Waals surface area contributed by atoms with Crippen LogP contribution in [0.5, 0.6) is 0 Å². The van der Waals surface area contributed by atoms with Crippen LogP contribution in [-0.4, -0.2) is 55.3 Å². The molecule has 2 atom stereocenters. The van der Waals surface area contributed by atoms with Gasteiger partial charge in [-0.1, -0.05) is 6.92 Å². The normalized spacial score (nSPS) is 23.5. The molecule has 0 aromatic rings. The van der Waals surface area contributed by atoms with Crippen molar-refractivity contribution in [3.8, 4) is 0 Å². The molecule has 0 aromatic heterocycles. The number of esters is 1. The highest BCUT2D eigenvalue weighted by Gasteiger charge is 2.33. The summed E-state index contributed by atoms with van der Waals surface area (Å²) in [6.45, 7) is 9.90. The number of nitrogens with zero attached hydrogens (tertiary/aromatic N) is 1. The first kappa shape index (κ1) is 17.8. The molecule has 1 amide bonds. The fourth-order valence-electron chi connectivity index (χ4n) is 2.61. The van der Waals surface area contributed by atoms with Crippen molar-refractivity contribution < 1.29 is 19.1 Å². The number of likely N-dealkylation sites (tertiary alicyclic amines) is 1. The zero-order valence-electron chi connectivity index (χ0n) is 13.8. The topological polar surface area (TPSA) is 67.9 Å². The molecule has 1 N–H and O–H groups in total. The van der Waals surface area contributed by atoms with Gasteiger partial charge in [0.1, 0.15) is 5.60 Å². The van der Waals surface area contributed by atoms with Crippen molar-refractivity contribution in [2.45, 2.75) is 52.2 Å². The van der Waals surface area contributed by atoms with Crippen molar-refractivity contribution in [2.24, 2.45) is 5.92 Å². The predicted molar refractivity (Wildman–Crippen MR) is 80.0 cm³/mol. The SMILES string of the molecule is CCCN1CC(NC(=O)OC(C)(C)C)CC(C(=O)OC)C1. The number of nitrogens with one attached hydrogen (secondary N) is 1. The minimum Gasteiger partial charge on any atom is -0.469 e. The van der Waals surface area contributed by atoms with Crippen molar-refractivity contribution in [2.75, 3.05) is 26.7 Å². The third-order valence-corrected chi connectivity index (χ3v) is 3.32. The summed E-state index contributed by atoms with van der Waals surface area (Å²) in [5, 5.41) is 2.86. The van der Waals surface area contributed by atoms with Crippen LogP contribution in [0.25, 0.3) is 0 Å². The third kappa shape index (κ3) is 6.33. The zero-order valence-corrected chi connectivity index (χ0v) is 13.8. The van der Waals surface area contributed by atoms with E-state index in [0.29, 0.717) is 13.0 Å². The van der Waals surface area contributed by atoms with Crippen molar-refractivity contribution in [3.05, 3.63) is 0 Å². The average molecular weight is 300 g/mol. The summed E-state index contributed by atoms with van der Waals surface area (Å²) < 4.78 is 10.1. The second kappa shape index (κ2) is 7.64. The summed E-state index contributed by atoms with van der Waals surface area (Å²) in [6.07, 6.45) is 1.16. The quantitative estimate of drug-likeness (QED) is 0.802. The second-order valence-electron chi connectivity index (χ2n) is 6.56. The molecule has 6 heteroatoms. The lowest BCUT2D eigenvalue weighted by Crippen LogP contribution is -2.53. The van der Waals surface area contributed by atoms with Crippen LogP contribution in [0.2, 0.25) is 0 Å². The van der Waals surface area contributed by atoms with Crippen molar-refractivity contribution in [1.29, 1.82) is 0 Å². The Morgan fingerprint density at radius 3 is 2.48 bits per heavy atom. The molecule has 21 heavy (non-hydrogen) atoms. The Morgan fingerprint density at radius 1 is 1.29 bits per heavy atom. The number of alkyl carbamates (subject to hydrolysis) is 1. The lowest BCUT2D eigenvalue weighted by molar-refractivity contribution is -0.147. The molecule has 0 radical (unpaired) electrons. The van der Waals surface area contributed by atoms with Gasteiger partial charge in [-0.05, 0) is 40.2 Å². The molecule has 2 unspecified atom stereocenters. The summed E-state index contributed by atoms with van der Waals surface area (Å²) in [7, 11) is 1.40. The summed E-state index contributed by atoms with van der Waals surface area (Å²) in [4.78, 5) is 25.8. The van der Waals surface area contributed by atoms with E-state index in [0.717, 1.165) is 19.5 Å². The lowest BCUT2D eigenvalue weighted by Gasteiger charge is -2.37. The molecule has 0 saturated carbocycles. The van der Waals surface area contributed by atoms with Crippen LogP contribution in [0.4, 0.5) is 4.79 Å². The Balaban J connectivity index is 2.62. The summed E-state index contributed by atoms with van der Waals surface area (Å²) >= 11 is 0. The van der Waals surface area contributed by atoms with E-state index in [-0.39, 0.29) is 17.9 Å². The van der Waals surface area contributed by atoms with Gasteiger partial charge in [-0.15, -0.1) is 0 Å². The average Bonchev–Trinajstić information content (AvgIpc) is 2.35. The molecule has 0 bridgehead atoms. The smallest absolute Gasteiger partial charge is 0.407 e. The van der Waals surface area contributed by atoms with Crippen molar-refractivity contribution in [3.63, 3.8) is 0 Å². The summed E-state index contributed by atoms with van der Waals surface area (Å²) in [5.74, 6) is -0.415. The van der Waals surface area contributed by atoms with Gasteiger partial charge < -0.3 is 19.7 Å².